The fourth-order valence-corrected chi connectivity index (χ4v) is 3.90. The Labute approximate surface area is 200 Å². The lowest BCUT2D eigenvalue weighted by Crippen LogP contribution is -1.99. The predicted octanol–water partition coefficient (Wildman–Crippen LogP) is 5.54. The molecule has 3 N–H and O–H groups in total. The molecular weight excluding hydrogens is 440 g/mol. The molecule has 0 bridgehead atoms. The molecule has 35 heavy (non-hydrogen) atoms. The Kier molecular flexibility index (Phi) is 5.12. The van der Waals surface area contributed by atoms with Crippen molar-refractivity contribution in [2.75, 3.05) is 17.7 Å². The number of pyridine rings is 2. The molecule has 0 aliphatic heterocycles. The van der Waals surface area contributed by atoms with Gasteiger partial charge in [-0.1, -0.05) is 24.3 Å². The second-order valence-corrected chi connectivity index (χ2v) is 7.72. The monoisotopic (exact) mass is 460 g/mol. The van der Waals surface area contributed by atoms with Gasteiger partial charge in [-0.15, -0.1) is 0 Å². The van der Waals surface area contributed by atoms with Gasteiger partial charge in [0.2, 0.25) is 17.8 Å². The number of ether oxygens (including phenoxy) is 1. The molecule has 0 spiro atoms. The minimum Gasteiger partial charge on any atom is -0.438 e. The van der Waals surface area contributed by atoms with Crippen LogP contribution in [0.15, 0.2) is 85.3 Å². The summed E-state index contributed by atoms with van der Waals surface area (Å²) >= 11 is 0. The summed E-state index contributed by atoms with van der Waals surface area (Å²) in [6.07, 6.45) is 5.13. The van der Waals surface area contributed by atoms with Gasteiger partial charge < -0.3 is 20.4 Å². The number of benzene rings is 2. The summed E-state index contributed by atoms with van der Waals surface area (Å²) in [5.74, 6) is 2.29. The third-order valence-electron chi connectivity index (χ3n) is 5.53. The molecule has 0 saturated carbocycles. The van der Waals surface area contributed by atoms with Gasteiger partial charge in [0.05, 0.1) is 16.8 Å². The molecule has 4 heterocycles. The van der Waals surface area contributed by atoms with Crippen LogP contribution in [0.3, 0.4) is 0 Å². The summed E-state index contributed by atoms with van der Waals surface area (Å²) in [7, 11) is 1.78. The van der Waals surface area contributed by atoms with Crippen LogP contribution in [0.4, 0.5) is 17.6 Å². The number of anilines is 3. The Morgan fingerprint density at radius 2 is 1.63 bits per heavy atom. The Balaban J connectivity index is 1.37. The predicted molar refractivity (Wildman–Crippen MR) is 136 cm³/mol. The van der Waals surface area contributed by atoms with E-state index < -0.39 is 0 Å². The highest BCUT2D eigenvalue weighted by molar-refractivity contribution is 5.99. The highest BCUT2D eigenvalue weighted by Gasteiger charge is 2.14. The van der Waals surface area contributed by atoms with Crippen molar-refractivity contribution in [2.24, 2.45) is 0 Å². The lowest BCUT2D eigenvalue weighted by molar-refractivity contribution is 0.470. The van der Waals surface area contributed by atoms with Gasteiger partial charge in [-0.05, 0) is 42.5 Å². The molecule has 9 heteroatoms. The summed E-state index contributed by atoms with van der Waals surface area (Å²) in [6.45, 7) is 0. The van der Waals surface area contributed by atoms with Crippen molar-refractivity contribution >= 4 is 39.5 Å². The van der Waals surface area contributed by atoms with Crippen LogP contribution in [0.5, 0.6) is 11.6 Å². The first-order valence-electron chi connectivity index (χ1n) is 11.0. The van der Waals surface area contributed by atoms with E-state index >= 15 is 0 Å². The van der Waals surface area contributed by atoms with E-state index in [0.29, 0.717) is 34.9 Å². The fraction of sp³-hybridized carbons (Fsp3) is 0.0385. The van der Waals surface area contributed by atoms with E-state index in [1.165, 1.54) is 0 Å². The molecule has 0 atom stereocenters. The maximum absolute atomic E-state index is 6.35. The van der Waals surface area contributed by atoms with E-state index in [4.69, 9.17) is 4.74 Å². The van der Waals surface area contributed by atoms with E-state index in [1.54, 1.807) is 25.6 Å². The summed E-state index contributed by atoms with van der Waals surface area (Å²) in [5.41, 5.74) is 3.91. The van der Waals surface area contributed by atoms with Crippen molar-refractivity contribution in [3.8, 4) is 22.9 Å². The topological polar surface area (TPSA) is 114 Å². The number of aromatic nitrogens is 6. The van der Waals surface area contributed by atoms with Crippen LogP contribution in [-0.4, -0.2) is 37.0 Å². The summed E-state index contributed by atoms with van der Waals surface area (Å²) in [6, 6.07) is 21.3. The van der Waals surface area contributed by atoms with Crippen LogP contribution in [0.1, 0.15) is 0 Å². The van der Waals surface area contributed by atoms with Crippen molar-refractivity contribution in [1.29, 1.82) is 0 Å². The number of hydrogen-bond acceptors (Lipinski definition) is 8. The molecule has 9 nitrogen and oxygen atoms in total. The maximum atomic E-state index is 6.35. The first-order valence-corrected chi connectivity index (χ1v) is 11.0. The number of nitrogens with one attached hydrogen (secondary N) is 3. The Hall–Kier alpha value is -5.05. The lowest BCUT2D eigenvalue weighted by atomic mass is 10.1. The van der Waals surface area contributed by atoms with E-state index in [9.17, 15) is 0 Å². The van der Waals surface area contributed by atoms with Gasteiger partial charge in [0.25, 0.3) is 0 Å². The molecule has 0 unspecified atom stereocenters. The normalized spacial score (nSPS) is 11.0. The van der Waals surface area contributed by atoms with Gasteiger partial charge in [-0.3, -0.25) is 0 Å². The van der Waals surface area contributed by atoms with Crippen molar-refractivity contribution in [2.45, 2.75) is 0 Å². The summed E-state index contributed by atoms with van der Waals surface area (Å²) in [4.78, 5) is 25.3. The SMILES string of the molecule is CNc1nccc(-c2cccnc2Oc2ccc(Nc3nc4ncccc4[nH]3)c3ccccc23)n1. The molecule has 0 amide bonds. The largest absolute Gasteiger partial charge is 0.438 e. The van der Waals surface area contributed by atoms with Crippen molar-refractivity contribution in [3.05, 3.63) is 85.3 Å². The average molecular weight is 461 g/mol. The van der Waals surface area contributed by atoms with Crippen LogP contribution in [0.2, 0.25) is 0 Å². The number of fused-ring (bicyclic) bond motifs is 2. The minimum atomic E-state index is 0.461. The molecule has 0 aliphatic rings. The molecule has 0 saturated heterocycles. The molecule has 6 aromatic rings. The van der Waals surface area contributed by atoms with E-state index in [0.717, 1.165) is 27.5 Å². The molecule has 0 aliphatic carbocycles. The van der Waals surface area contributed by atoms with Crippen LogP contribution >= 0.6 is 0 Å². The van der Waals surface area contributed by atoms with Crippen molar-refractivity contribution in [1.82, 2.24) is 29.9 Å². The van der Waals surface area contributed by atoms with Crippen molar-refractivity contribution < 1.29 is 4.74 Å². The molecular formula is C26H20N8O. The lowest BCUT2D eigenvalue weighted by Gasteiger charge is -2.14. The van der Waals surface area contributed by atoms with Crippen LogP contribution in [-0.2, 0) is 0 Å². The maximum Gasteiger partial charge on any atom is 0.228 e. The molecule has 0 radical (unpaired) electrons. The second-order valence-electron chi connectivity index (χ2n) is 7.72. The molecule has 6 rings (SSSR count). The molecule has 4 aromatic heterocycles. The van der Waals surface area contributed by atoms with Crippen molar-refractivity contribution in [3.63, 3.8) is 0 Å². The summed E-state index contributed by atoms with van der Waals surface area (Å²) < 4.78 is 6.35. The van der Waals surface area contributed by atoms with E-state index in [1.807, 2.05) is 66.7 Å². The highest BCUT2D eigenvalue weighted by Crippen LogP contribution is 2.37. The first kappa shape index (κ1) is 20.5. The van der Waals surface area contributed by atoms with Gasteiger partial charge in [-0.25, -0.2) is 19.9 Å². The molecule has 2 aromatic carbocycles. The standard InChI is InChI=1S/C26H20N8O/c1-27-25-30-15-12-20(31-25)18-8-4-14-29-24(18)35-22-11-10-19(16-6-2-3-7-17(16)22)32-26-33-21-9-5-13-28-23(21)34-26/h2-15H,1H3,(H,27,30,31)(H2,28,32,33,34). The third kappa shape index (κ3) is 3.95. The van der Waals surface area contributed by atoms with E-state index in [2.05, 4.69) is 40.5 Å². The quantitative estimate of drug-likeness (QED) is 0.297. The Morgan fingerprint density at radius 3 is 2.51 bits per heavy atom. The van der Waals surface area contributed by atoms with E-state index in [-0.39, 0.29) is 0 Å². The smallest absolute Gasteiger partial charge is 0.228 e. The number of hydrogen-bond donors (Lipinski definition) is 3. The number of aromatic amines is 1. The molecule has 0 fully saturated rings. The zero-order chi connectivity index (χ0) is 23.6. The Morgan fingerprint density at radius 1 is 0.771 bits per heavy atom. The van der Waals surface area contributed by atoms with Gasteiger partial charge in [-0.2, -0.15) is 4.98 Å². The van der Waals surface area contributed by atoms with Crippen LogP contribution in [0.25, 0.3) is 33.2 Å². The number of H-pyrrole nitrogens is 1. The minimum absolute atomic E-state index is 0.461. The third-order valence-corrected chi connectivity index (χ3v) is 5.53. The number of imidazole rings is 1. The van der Waals surface area contributed by atoms with Gasteiger partial charge >= 0.3 is 0 Å². The zero-order valence-electron chi connectivity index (χ0n) is 18.7. The Bertz CT molecular complexity index is 1630. The number of rotatable bonds is 6. The van der Waals surface area contributed by atoms with Gasteiger partial charge in [0, 0.05) is 42.1 Å². The van der Waals surface area contributed by atoms with Gasteiger partial charge in [0.1, 0.15) is 5.75 Å². The van der Waals surface area contributed by atoms with Crippen LogP contribution < -0.4 is 15.4 Å². The molecule has 170 valence electrons. The first-order chi connectivity index (χ1) is 17.3. The summed E-state index contributed by atoms with van der Waals surface area (Å²) in [5, 5.41) is 8.25. The highest BCUT2D eigenvalue weighted by atomic mass is 16.5. The second kappa shape index (κ2) is 8.71. The average Bonchev–Trinajstić information content (AvgIpc) is 3.33. The number of nitrogens with zero attached hydrogens (tertiary/aromatic N) is 5. The zero-order valence-corrected chi connectivity index (χ0v) is 18.7. The van der Waals surface area contributed by atoms with Gasteiger partial charge in [0.15, 0.2) is 5.65 Å². The fourth-order valence-electron chi connectivity index (χ4n) is 3.90. The van der Waals surface area contributed by atoms with Crippen LogP contribution in [0, 0.1) is 0 Å².